The molecule has 0 radical (unpaired) electrons. The van der Waals surface area contributed by atoms with Crippen molar-refractivity contribution in [2.45, 2.75) is 19.5 Å². The highest BCUT2D eigenvalue weighted by molar-refractivity contribution is 5.30. The van der Waals surface area contributed by atoms with Gasteiger partial charge in [0.2, 0.25) is 0 Å². The Hall–Kier alpha value is -2.04. The van der Waals surface area contributed by atoms with Crippen LogP contribution in [0.5, 0.6) is 5.75 Å². The average Bonchev–Trinajstić information content (AvgIpc) is 2.20. The maximum absolute atomic E-state index is 12.5. The van der Waals surface area contributed by atoms with Gasteiger partial charge in [-0.25, -0.2) is 4.39 Å². The van der Waals surface area contributed by atoms with Crippen molar-refractivity contribution in [3.05, 3.63) is 27.7 Å². The molecule has 0 fully saturated rings. The first kappa shape index (κ1) is 13.0. The van der Waals surface area contributed by atoms with Crippen LogP contribution < -0.4 is 10.3 Å². The first-order chi connectivity index (χ1) is 7.87. The van der Waals surface area contributed by atoms with Crippen molar-refractivity contribution >= 4 is 0 Å². The molecule has 1 aromatic rings. The van der Waals surface area contributed by atoms with Crippen molar-refractivity contribution in [2.24, 2.45) is 0 Å². The Labute approximate surface area is 92.4 Å². The van der Waals surface area contributed by atoms with Crippen molar-refractivity contribution in [1.29, 1.82) is 5.26 Å². The lowest BCUT2D eigenvalue weighted by Crippen LogP contribution is -2.23. The van der Waals surface area contributed by atoms with Crippen LogP contribution in [0, 0.1) is 11.3 Å². The third-order valence-corrected chi connectivity index (χ3v) is 1.81. The second-order valence-corrected chi connectivity index (χ2v) is 2.98. The Morgan fingerprint density at radius 2 is 2.12 bits per heavy atom. The van der Waals surface area contributed by atoms with E-state index in [1.54, 1.807) is 6.07 Å². The van der Waals surface area contributed by atoms with Gasteiger partial charge in [0.05, 0.1) is 12.5 Å². The number of H-pyrrole nitrogens is 1. The van der Waals surface area contributed by atoms with Crippen LogP contribution in [0.3, 0.4) is 0 Å². The molecule has 1 N–H and O–H groups in total. The standard InChI is InChI=1S/C9H6F4N2O2/c10-4-5-3-7(17-9(11,12)13)8(16)15-6(5)1-2-14/h3H,1,4H2,(H,15,16). The van der Waals surface area contributed by atoms with E-state index in [4.69, 9.17) is 5.26 Å². The van der Waals surface area contributed by atoms with Crippen LogP contribution >= 0.6 is 0 Å². The summed E-state index contributed by atoms with van der Waals surface area (Å²) < 4.78 is 51.6. The SMILES string of the molecule is N#CCc1[nH]c(=O)c(OC(F)(F)F)cc1CF. The van der Waals surface area contributed by atoms with Gasteiger partial charge >= 0.3 is 6.36 Å². The zero-order valence-electron chi connectivity index (χ0n) is 8.27. The maximum Gasteiger partial charge on any atom is 0.573 e. The van der Waals surface area contributed by atoms with E-state index in [0.29, 0.717) is 6.07 Å². The van der Waals surface area contributed by atoms with Crippen LogP contribution in [-0.4, -0.2) is 11.3 Å². The summed E-state index contributed by atoms with van der Waals surface area (Å²) >= 11 is 0. The Bertz CT molecular complexity index is 501. The van der Waals surface area contributed by atoms with E-state index in [1.807, 2.05) is 4.98 Å². The van der Waals surface area contributed by atoms with E-state index >= 15 is 0 Å². The van der Waals surface area contributed by atoms with Crippen molar-refractivity contribution in [3.63, 3.8) is 0 Å². The molecule has 0 aliphatic carbocycles. The van der Waals surface area contributed by atoms with E-state index < -0.39 is 24.3 Å². The molecular weight excluding hydrogens is 244 g/mol. The number of pyridine rings is 1. The largest absolute Gasteiger partial charge is 0.573 e. The van der Waals surface area contributed by atoms with Gasteiger partial charge in [0, 0.05) is 11.3 Å². The monoisotopic (exact) mass is 250 g/mol. The number of nitriles is 1. The number of aromatic nitrogens is 1. The summed E-state index contributed by atoms with van der Waals surface area (Å²) in [7, 11) is 0. The molecule has 0 spiro atoms. The van der Waals surface area contributed by atoms with Crippen LogP contribution in [0.4, 0.5) is 17.6 Å². The Balaban J connectivity index is 3.19. The molecule has 1 rings (SSSR count). The van der Waals surface area contributed by atoms with E-state index in [-0.39, 0.29) is 17.7 Å². The third-order valence-electron chi connectivity index (χ3n) is 1.81. The molecular formula is C9H6F4N2O2. The van der Waals surface area contributed by atoms with E-state index in [1.165, 1.54) is 0 Å². The molecule has 0 saturated carbocycles. The summed E-state index contributed by atoms with van der Waals surface area (Å²) in [6.45, 7) is -1.11. The van der Waals surface area contributed by atoms with E-state index in [9.17, 15) is 22.4 Å². The number of hydrogen-bond donors (Lipinski definition) is 1. The minimum Gasteiger partial charge on any atom is -0.400 e. The molecule has 0 atom stereocenters. The molecule has 1 aromatic heterocycles. The van der Waals surface area contributed by atoms with Gasteiger partial charge in [0.25, 0.3) is 5.56 Å². The molecule has 0 aliphatic heterocycles. The van der Waals surface area contributed by atoms with E-state index in [2.05, 4.69) is 4.74 Å². The quantitative estimate of drug-likeness (QED) is 0.832. The molecule has 0 aromatic carbocycles. The molecule has 0 bridgehead atoms. The second kappa shape index (κ2) is 4.86. The lowest BCUT2D eigenvalue weighted by Gasteiger charge is -2.10. The highest BCUT2D eigenvalue weighted by Crippen LogP contribution is 2.21. The Morgan fingerprint density at radius 1 is 1.47 bits per heavy atom. The summed E-state index contributed by atoms with van der Waals surface area (Å²) in [6, 6.07) is 2.29. The van der Waals surface area contributed by atoms with Crippen LogP contribution in [0.2, 0.25) is 0 Å². The topological polar surface area (TPSA) is 65.9 Å². The summed E-state index contributed by atoms with van der Waals surface area (Å²) in [5, 5.41) is 8.38. The predicted octanol–water partition coefficient (Wildman–Crippen LogP) is 1.81. The number of alkyl halides is 4. The maximum atomic E-state index is 12.5. The Kier molecular flexibility index (Phi) is 3.73. The van der Waals surface area contributed by atoms with Crippen LogP contribution in [0.15, 0.2) is 10.9 Å². The Morgan fingerprint density at radius 3 is 2.59 bits per heavy atom. The van der Waals surface area contributed by atoms with E-state index in [0.717, 1.165) is 0 Å². The van der Waals surface area contributed by atoms with Gasteiger partial charge < -0.3 is 9.72 Å². The van der Waals surface area contributed by atoms with Crippen LogP contribution in [0.1, 0.15) is 11.3 Å². The minimum atomic E-state index is -5.03. The minimum absolute atomic E-state index is 0.0606. The zero-order chi connectivity index (χ0) is 13.1. The number of aromatic amines is 1. The lowest BCUT2D eigenvalue weighted by atomic mass is 10.1. The molecule has 92 valence electrons. The lowest BCUT2D eigenvalue weighted by molar-refractivity contribution is -0.275. The number of hydrogen-bond acceptors (Lipinski definition) is 3. The number of nitrogens with one attached hydrogen (secondary N) is 1. The first-order valence-electron chi connectivity index (χ1n) is 4.31. The number of nitrogens with zero attached hydrogens (tertiary/aromatic N) is 1. The number of ether oxygens (including phenoxy) is 1. The fourth-order valence-corrected chi connectivity index (χ4v) is 1.15. The van der Waals surface area contributed by atoms with Crippen molar-refractivity contribution in [1.82, 2.24) is 4.98 Å². The van der Waals surface area contributed by atoms with Gasteiger partial charge in [-0.1, -0.05) is 0 Å². The second-order valence-electron chi connectivity index (χ2n) is 2.98. The summed E-state index contributed by atoms with van der Waals surface area (Å²) in [4.78, 5) is 13.1. The third kappa shape index (κ3) is 3.48. The van der Waals surface area contributed by atoms with Gasteiger partial charge in [-0.05, 0) is 6.07 Å². The van der Waals surface area contributed by atoms with Gasteiger partial charge in [-0.3, -0.25) is 4.79 Å². The van der Waals surface area contributed by atoms with Crippen molar-refractivity contribution < 1.29 is 22.3 Å². The fraction of sp³-hybridized carbons (Fsp3) is 0.333. The highest BCUT2D eigenvalue weighted by Gasteiger charge is 2.32. The summed E-state index contributed by atoms with van der Waals surface area (Å²) in [6.07, 6.45) is -5.34. The molecule has 0 aliphatic rings. The summed E-state index contributed by atoms with van der Waals surface area (Å²) in [5.74, 6) is -1.05. The molecule has 0 amide bonds. The van der Waals surface area contributed by atoms with Crippen molar-refractivity contribution in [3.8, 4) is 11.8 Å². The van der Waals surface area contributed by atoms with Crippen molar-refractivity contribution in [2.75, 3.05) is 0 Å². The van der Waals surface area contributed by atoms with Gasteiger partial charge in [-0.15, -0.1) is 13.2 Å². The van der Waals surface area contributed by atoms with Crippen LogP contribution in [0.25, 0.3) is 0 Å². The number of halogens is 4. The molecule has 17 heavy (non-hydrogen) atoms. The normalized spacial score (nSPS) is 11.0. The molecule has 1 heterocycles. The smallest absolute Gasteiger partial charge is 0.400 e. The molecule has 4 nitrogen and oxygen atoms in total. The molecule has 8 heteroatoms. The van der Waals surface area contributed by atoms with Crippen LogP contribution in [-0.2, 0) is 13.1 Å². The van der Waals surface area contributed by atoms with Gasteiger partial charge in [0.1, 0.15) is 6.67 Å². The zero-order valence-corrected chi connectivity index (χ0v) is 8.27. The summed E-state index contributed by atoms with van der Waals surface area (Å²) in [5.41, 5.74) is -1.44. The molecule has 0 unspecified atom stereocenters. The molecule has 0 saturated heterocycles. The fourth-order valence-electron chi connectivity index (χ4n) is 1.15. The predicted molar refractivity (Wildman–Crippen MR) is 47.9 cm³/mol. The average molecular weight is 250 g/mol. The van der Waals surface area contributed by atoms with Gasteiger partial charge in [0.15, 0.2) is 5.75 Å². The first-order valence-corrected chi connectivity index (χ1v) is 4.31. The van der Waals surface area contributed by atoms with Gasteiger partial charge in [-0.2, -0.15) is 5.26 Å². The highest BCUT2D eigenvalue weighted by atomic mass is 19.4. The number of rotatable bonds is 3.